The van der Waals surface area contributed by atoms with E-state index in [9.17, 15) is 18.0 Å². The lowest BCUT2D eigenvalue weighted by atomic mass is 10.3. The Morgan fingerprint density at radius 1 is 1.43 bits per heavy atom. The summed E-state index contributed by atoms with van der Waals surface area (Å²) in [4.78, 5) is 11.5. The zero-order valence-electron chi connectivity index (χ0n) is 11.2. The molecule has 2 heterocycles. The highest BCUT2D eigenvalue weighted by Gasteiger charge is 2.37. The summed E-state index contributed by atoms with van der Waals surface area (Å²) >= 11 is 0. The molecular weight excluding hydrogens is 291 g/mol. The topological polar surface area (TPSA) is 81.4 Å². The van der Waals surface area contributed by atoms with E-state index in [1.54, 1.807) is 6.92 Å². The number of hydrogen-bond acceptors (Lipinski definition) is 6. The standard InChI is InChI=1S/C11H12F3N5O2/c1-3-21-9(20)6(2)15-7-4-5-8-16-17-10(11(12,13)14)19(8)18-7/h4-6H,3H2,1-2H3,(H,15,18). The first-order valence-electron chi connectivity index (χ1n) is 6.05. The molecule has 0 radical (unpaired) electrons. The average molecular weight is 303 g/mol. The minimum atomic E-state index is -4.67. The summed E-state index contributed by atoms with van der Waals surface area (Å²) in [6.07, 6.45) is -4.67. The van der Waals surface area contributed by atoms with Crippen LogP contribution in [0.15, 0.2) is 12.1 Å². The van der Waals surface area contributed by atoms with Crippen molar-refractivity contribution in [2.24, 2.45) is 0 Å². The van der Waals surface area contributed by atoms with Gasteiger partial charge in [-0.1, -0.05) is 0 Å². The van der Waals surface area contributed by atoms with Crippen molar-refractivity contribution in [2.75, 3.05) is 11.9 Å². The quantitative estimate of drug-likeness (QED) is 0.862. The second-order valence-corrected chi connectivity index (χ2v) is 4.13. The van der Waals surface area contributed by atoms with Gasteiger partial charge >= 0.3 is 12.1 Å². The molecular formula is C11H12F3N5O2. The number of rotatable bonds is 4. The highest BCUT2D eigenvalue weighted by Crippen LogP contribution is 2.27. The SMILES string of the molecule is CCOC(=O)C(C)Nc1ccc2nnc(C(F)(F)F)n2n1. The molecule has 0 saturated heterocycles. The van der Waals surface area contributed by atoms with Crippen LogP contribution in [0.25, 0.3) is 5.65 Å². The highest BCUT2D eigenvalue weighted by atomic mass is 19.4. The lowest BCUT2D eigenvalue weighted by molar-refractivity contribution is -0.146. The van der Waals surface area contributed by atoms with Gasteiger partial charge in [-0.25, -0.2) is 4.79 Å². The largest absolute Gasteiger partial charge is 0.464 e. The van der Waals surface area contributed by atoms with Gasteiger partial charge in [0.2, 0.25) is 0 Å². The predicted octanol–water partition coefficient (Wildman–Crippen LogP) is 1.51. The number of fused-ring (bicyclic) bond motifs is 1. The van der Waals surface area contributed by atoms with Gasteiger partial charge in [-0.2, -0.15) is 17.7 Å². The fourth-order valence-electron chi connectivity index (χ4n) is 1.59. The smallest absolute Gasteiger partial charge is 0.453 e. The van der Waals surface area contributed by atoms with Crippen LogP contribution in [0.4, 0.5) is 19.0 Å². The van der Waals surface area contributed by atoms with Crippen LogP contribution >= 0.6 is 0 Å². The van der Waals surface area contributed by atoms with E-state index in [0.717, 1.165) is 0 Å². The number of anilines is 1. The van der Waals surface area contributed by atoms with Gasteiger partial charge in [0.15, 0.2) is 5.65 Å². The Kier molecular flexibility index (Phi) is 3.96. The second-order valence-electron chi connectivity index (χ2n) is 4.13. The number of alkyl halides is 3. The number of carbonyl (C=O) groups excluding carboxylic acids is 1. The van der Waals surface area contributed by atoms with Gasteiger partial charge in [0.25, 0.3) is 5.82 Å². The molecule has 2 rings (SSSR count). The van der Waals surface area contributed by atoms with E-state index < -0.39 is 24.0 Å². The van der Waals surface area contributed by atoms with Gasteiger partial charge in [-0.15, -0.1) is 15.3 Å². The Bertz CT molecular complexity index is 655. The summed E-state index contributed by atoms with van der Waals surface area (Å²) in [5, 5.41) is 12.8. The third kappa shape index (κ3) is 3.20. The number of nitrogens with one attached hydrogen (secondary N) is 1. The zero-order valence-corrected chi connectivity index (χ0v) is 11.2. The van der Waals surface area contributed by atoms with E-state index in [4.69, 9.17) is 4.74 Å². The molecule has 2 aromatic heterocycles. The number of nitrogens with zero attached hydrogens (tertiary/aromatic N) is 4. The van der Waals surface area contributed by atoms with E-state index in [1.165, 1.54) is 19.1 Å². The van der Waals surface area contributed by atoms with E-state index in [-0.39, 0.29) is 18.1 Å². The van der Waals surface area contributed by atoms with Gasteiger partial charge in [0, 0.05) is 0 Å². The van der Waals surface area contributed by atoms with Crippen LogP contribution < -0.4 is 5.32 Å². The normalized spacial score (nSPS) is 13.2. The highest BCUT2D eigenvalue weighted by molar-refractivity contribution is 5.78. The van der Waals surface area contributed by atoms with Crippen LogP contribution in [0.2, 0.25) is 0 Å². The molecule has 1 atom stereocenters. The summed E-state index contributed by atoms with van der Waals surface area (Å²) in [7, 11) is 0. The van der Waals surface area contributed by atoms with Crippen molar-refractivity contribution in [2.45, 2.75) is 26.1 Å². The molecule has 0 aromatic carbocycles. The molecule has 1 unspecified atom stereocenters. The molecule has 0 bridgehead atoms. The van der Waals surface area contributed by atoms with E-state index in [1.807, 2.05) is 0 Å². The molecule has 0 spiro atoms. The lowest BCUT2D eigenvalue weighted by Crippen LogP contribution is -2.29. The van der Waals surface area contributed by atoms with Crippen molar-refractivity contribution >= 4 is 17.4 Å². The van der Waals surface area contributed by atoms with Crippen LogP contribution in [0.1, 0.15) is 19.7 Å². The van der Waals surface area contributed by atoms with Gasteiger partial charge in [-0.3, -0.25) is 0 Å². The van der Waals surface area contributed by atoms with Crippen LogP contribution in [0.5, 0.6) is 0 Å². The summed E-state index contributed by atoms with van der Waals surface area (Å²) < 4.78 is 43.5. The van der Waals surface area contributed by atoms with Crippen LogP contribution in [0, 0.1) is 0 Å². The number of carbonyl (C=O) groups is 1. The summed E-state index contributed by atoms with van der Waals surface area (Å²) in [6.45, 7) is 3.38. The molecule has 0 aliphatic rings. The fraction of sp³-hybridized carbons (Fsp3) is 0.455. The molecule has 10 heteroatoms. The molecule has 114 valence electrons. The molecule has 2 aromatic rings. The van der Waals surface area contributed by atoms with E-state index in [2.05, 4.69) is 20.6 Å². The van der Waals surface area contributed by atoms with E-state index >= 15 is 0 Å². The zero-order chi connectivity index (χ0) is 15.6. The minimum Gasteiger partial charge on any atom is -0.464 e. The number of aromatic nitrogens is 4. The molecule has 21 heavy (non-hydrogen) atoms. The summed E-state index contributed by atoms with van der Waals surface area (Å²) in [5.41, 5.74) is -0.0448. The molecule has 0 aliphatic heterocycles. The van der Waals surface area contributed by atoms with Crippen LogP contribution in [-0.2, 0) is 15.7 Å². The predicted molar refractivity (Wildman–Crippen MR) is 65.5 cm³/mol. The van der Waals surface area contributed by atoms with Crippen molar-refractivity contribution in [1.82, 2.24) is 19.8 Å². The first kappa shape index (κ1) is 15.0. The number of ether oxygens (including phenoxy) is 1. The maximum absolute atomic E-state index is 12.7. The maximum Gasteiger partial charge on any atom is 0.453 e. The second kappa shape index (κ2) is 5.54. The van der Waals surface area contributed by atoms with Gasteiger partial charge in [-0.05, 0) is 26.0 Å². The Hall–Kier alpha value is -2.39. The first-order valence-corrected chi connectivity index (χ1v) is 6.05. The molecule has 7 nitrogen and oxygen atoms in total. The van der Waals surface area contributed by atoms with Crippen molar-refractivity contribution in [1.29, 1.82) is 0 Å². The van der Waals surface area contributed by atoms with Gasteiger partial charge < -0.3 is 10.1 Å². The monoisotopic (exact) mass is 303 g/mol. The Balaban J connectivity index is 2.28. The van der Waals surface area contributed by atoms with Crippen molar-refractivity contribution < 1.29 is 22.7 Å². The van der Waals surface area contributed by atoms with Crippen molar-refractivity contribution in [3.8, 4) is 0 Å². The van der Waals surface area contributed by atoms with E-state index in [0.29, 0.717) is 4.52 Å². The van der Waals surface area contributed by atoms with Crippen molar-refractivity contribution in [3.05, 3.63) is 18.0 Å². The van der Waals surface area contributed by atoms with Gasteiger partial charge in [0.05, 0.1) is 6.61 Å². The lowest BCUT2D eigenvalue weighted by Gasteiger charge is -2.13. The average Bonchev–Trinajstić information content (AvgIpc) is 2.81. The number of hydrogen-bond donors (Lipinski definition) is 1. The third-order valence-electron chi connectivity index (χ3n) is 2.52. The summed E-state index contributed by atoms with van der Waals surface area (Å²) in [5.74, 6) is -1.68. The van der Waals surface area contributed by atoms with Crippen molar-refractivity contribution in [3.63, 3.8) is 0 Å². The first-order chi connectivity index (χ1) is 9.82. The molecule has 0 saturated carbocycles. The van der Waals surface area contributed by atoms with Crippen LogP contribution in [-0.4, -0.2) is 38.4 Å². The fourth-order valence-corrected chi connectivity index (χ4v) is 1.59. The molecule has 0 fully saturated rings. The number of esters is 1. The Morgan fingerprint density at radius 2 is 2.14 bits per heavy atom. The van der Waals surface area contributed by atoms with Crippen LogP contribution in [0.3, 0.4) is 0 Å². The molecule has 0 amide bonds. The Labute approximate surface area is 117 Å². The number of halogens is 3. The van der Waals surface area contributed by atoms with Gasteiger partial charge in [0.1, 0.15) is 11.9 Å². The molecule has 0 aliphatic carbocycles. The third-order valence-corrected chi connectivity index (χ3v) is 2.52. The Morgan fingerprint density at radius 3 is 2.76 bits per heavy atom. The minimum absolute atomic E-state index is 0.0448. The maximum atomic E-state index is 12.7. The molecule has 1 N–H and O–H groups in total. The summed E-state index contributed by atoms with van der Waals surface area (Å²) in [6, 6.07) is 1.97.